The summed E-state index contributed by atoms with van der Waals surface area (Å²) in [7, 11) is 0. The fourth-order valence-electron chi connectivity index (χ4n) is 2.59. The fourth-order valence-corrected chi connectivity index (χ4v) is 2.59. The number of carboxylic acid groups (broad SMARTS) is 1. The van der Waals surface area contributed by atoms with Crippen molar-refractivity contribution >= 4 is 11.8 Å². The lowest BCUT2D eigenvalue weighted by Gasteiger charge is -2.26. The molecule has 1 heterocycles. The van der Waals surface area contributed by atoms with Crippen molar-refractivity contribution < 1.29 is 14.6 Å². The smallest absolute Gasteiger partial charge is 0.306 e. The minimum atomic E-state index is -0.661. The average Bonchev–Trinajstić information content (AvgIpc) is 2.45. The number of rotatable bonds is 6. The quantitative estimate of drug-likeness (QED) is 0.838. The number of hydrogen-bond acceptors (Lipinski definition) is 5. The number of hydrogen-bond donors (Lipinski definition) is 2. The predicted molar refractivity (Wildman–Crippen MR) is 79.4 cm³/mol. The molecule has 0 bridgehead atoms. The molecule has 2 N–H and O–H groups in total. The molecule has 6 nitrogen and oxygen atoms in total. The van der Waals surface area contributed by atoms with E-state index in [1.54, 1.807) is 12.4 Å². The second-order valence-electron chi connectivity index (χ2n) is 5.85. The maximum atomic E-state index is 10.9. The Morgan fingerprint density at radius 1 is 1.38 bits per heavy atom. The van der Waals surface area contributed by atoms with Crippen LogP contribution in [0.5, 0.6) is 5.88 Å². The van der Waals surface area contributed by atoms with Gasteiger partial charge < -0.3 is 15.2 Å². The Labute approximate surface area is 124 Å². The first-order chi connectivity index (χ1) is 10.0. The number of anilines is 1. The molecule has 0 radical (unpaired) electrons. The zero-order valence-corrected chi connectivity index (χ0v) is 12.6. The summed E-state index contributed by atoms with van der Waals surface area (Å²) in [5, 5.41) is 12.3. The molecular weight excluding hydrogens is 270 g/mol. The number of carboxylic acids is 1. The summed E-state index contributed by atoms with van der Waals surface area (Å²) >= 11 is 0. The number of nitrogens with zero attached hydrogens (tertiary/aromatic N) is 2. The second kappa shape index (κ2) is 7.24. The van der Waals surface area contributed by atoms with Crippen LogP contribution in [-0.4, -0.2) is 33.7 Å². The third-order valence-corrected chi connectivity index (χ3v) is 3.74. The standard InChI is InChI=1S/C15H23N3O3/c1-10(2)21-14-9-16-8-13(18-14)17-7-11-3-5-12(6-4-11)15(19)20/h8-12H,3-7H2,1-2H3,(H,17,18)(H,19,20). The van der Waals surface area contributed by atoms with Gasteiger partial charge in [-0.15, -0.1) is 0 Å². The monoisotopic (exact) mass is 293 g/mol. The van der Waals surface area contributed by atoms with E-state index in [0.717, 1.165) is 32.2 Å². The van der Waals surface area contributed by atoms with Gasteiger partial charge in [-0.3, -0.25) is 9.78 Å². The van der Waals surface area contributed by atoms with Crippen molar-refractivity contribution in [2.75, 3.05) is 11.9 Å². The third kappa shape index (κ3) is 4.88. The zero-order chi connectivity index (χ0) is 15.2. The lowest BCUT2D eigenvalue weighted by Crippen LogP contribution is -2.25. The van der Waals surface area contributed by atoms with Gasteiger partial charge in [-0.1, -0.05) is 0 Å². The highest BCUT2D eigenvalue weighted by molar-refractivity contribution is 5.69. The third-order valence-electron chi connectivity index (χ3n) is 3.74. The number of aromatic nitrogens is 2. The average molecular weight is 293 g/mol. The van der Waals surface area contributed by atoms with Crippen LogP contribution in [0.1, 0.15) is 39.5 Å². The largest absolute Gasteiger partial charge is 0.481 e. The maximum absolute atomic E-state index is 10.9. The molecule has 0 aliphatic heterocycles. The Hall–Kier alpha value is -1.85. The Bertz CT molecular complexity index is 471. The topological polar surface area (TPSA) is 84.3 Å². The molecule has 116 valence electrons. The van der Waals surface area contributed by atoms with Crippen molar-refractivity contribution in [2.24, 2.45) is 11.8 Å². The molecule has 0 spiro atoms. The van der Waals surface area contributed by atoms with Gasteiger partial charge in [0.15, 0.2) is 0 Å². The van der Waals surface area contributed by atoms with E-state index in [2.05, 4.69) is 15.3 Å². The zero-order valence-electron chi connectivity index (χ0n) is 12.6. The minimum absolute atomic E-state index is 0.0702. The molecular formula is C15H23N3O3. The number of ether oxygens (including phenoxy) is 1. The minimum Gasteiger partial charge on any atom is -0.481 e. The lowest BCUT2D eigenvalue weighted by atomic mass is 9.82. The Morgan fingerprint density at radius 3 is 2.71 bits per heavy atom. The van der Waals surface area contributed by atoms with Crippen LogP contribution in [0.25, 0.3) is 0 Å². The van der Waals surface area contributed by atoms with Crippen LogP contribution in [0.2, 0.25) is 0 Å². The van der Waals surface area contributed by atoms with Crippen molar-refractivity contribution in [3.05, 3.63) is 12.4 Å². The van der Waals surface area contributed by atoms with E-state index in [1.165, 1.54) is 0 Å². The first-order valence-corrected chi connectivity index (χ1v) is 7.50. The van der Waals surface area contributed by atoms with Gasteiger partial charge in [0.1, 0.15) is 5.82 Å². The first-order valence-electron chi connectivity index (χ1n) is 7.50. The molecule has 0 atom stereocenters. The first kappa shape index (κ1) is 15.5. The van der Waals surface area contributed by atoms with Gasteiger partial charge in [-0.25, -0.2) is 0 Å². The van der Waals surface area contributed by atoms with E-state index < -0.39 is 5.97 Å². The van der Waals surface area contributed by atoms with E-state index >= 15 is 0 Å². The Morgan fingerprint density at radius 2 is 2.10 bits per heavy atom. The lowest BCUT2D eigenvalue weighted by molar-refractivity contribution is -0.143. The van der Waals surface area contributed by atoms with Gasteiger partial charge in [-0.05, 0) is 45.4 Å². The number of nitrogens with one attached hydrogen (secondary N) is 1. The van der Waals surface area contributed by atoms with Gasteiger partial charge in [-0.2, -0.15) is 4.98 Å². The van der Waals surface area contributed by atoms with Crippen molar-refractivity contribution in [3.8, 4) is 5.88 Å². The summed E-state index contributed by atoms with van der Waals surface area (Å²) < 4.78 is 5.51. The van der Waals surface area contributed by atoms with Crippen LogP contribution in [-0.2, 0) is 4.79 Å². The van der Waals surface area contributed by atoms with Gasteiger partial charge in [0.05, 0.1) is 24.4 Å². The summed E-state index contributed by atoms with van der Waals surface area (Å²) in [6.45, 7) is 4.69. The summed E-state index contributed by atoms with van der Waals surface area (Å²) in [4.78, 5) is 19.4. The normalized spacial score (nSPS) is 22.0. The predicted octanol–water partition coefficient (Wildman–Crippen LogP) is 2.57. The molecule has 1 fully saturated rings. The molecule has 1 aromatic rings. The molecule has 0 aromatic carbocycles. The van der Waals surface area contributed by atoms with Crippen molar-refractivity contribution in [1.29, 1.82) is 0 Å². The highest BCUT2D eigenvalue weighted by Crippen LogP contribution is 2.29. The van der Waals surface area contributed by atoms with Crippen LogP contribution in [0, 0.1) is 11.8 Å². The van der Waals surface area contributed by atoms with Crippen LogP contribution < -0.4 is 10.1 Å². The molecule has 6 heteroatoms. The molecule has 2 rings (SSSR count). The Kier molecular flexibility index (Phi) is 5.36. The van der Waals surface area contributed by atoms with E-state index in [-0.39, 0.29) is 12.0 Å². The van der Waals surface area contributed by atoms with Crippen LogP contribution in [0.15, 0.2) is 12.4 Å². The SMILES string of the molecule is CC(C)Oc1cncc(NCC2CCC(C(=O)O)CC2)n1. The van der Waals surface area contributed by atoms with Gasteiger partial charge in [0, 0.05) is 6.54 Å². The molecule has 1 aliphatic carbocycles. The summed E-state index contributed by atoms with van der Waals surface area (Å²) in [5.41, 5.74) is 0. The van der Waals surface area contributed by atoms with Gasteiger partial charge in [0.2, 0.25) is 5.88 Å². The molecule has 1 aromatic heterocycles. The molecule has 0 saturated heterocycles. The van der Waals surface area contributed by atoms with Gasteiger partial charge >= 0.3 is 5.97 Å². The van der Waals surface area contributed by atoms with Crippen LogP contribution in [0.3, 0.4) is 0 Å². The molecule has 0 amide bonds. The summed E-state index contributed by atoms with van der Waals surface area (Å²) in [6.07, 6.45) is 6.77. The van der Waals surface area contributed by atoms with Crippen LogP contribution in [0.4, 0.5) is 5.82 Å². The highest BCUT2D eigenvalue weighted by Gasteiger charge is 2.25. The molecule has 1 aliphatic rings. The van der Waals surface area contributed by atoms with E-state index in [4.69, 9.17) is 9.84 Å². The van der Waals surface area contributed by atoms with Gasteiger partial charge in [0.25, 0.3) is 0 Å². The summed E-state index contributed by atoms with van der Waals surface area (Å²) in [6, 6.07) is 0. The van der Waals surface area contributed by atoms with Crippen LogP contribution >= 0.6 is 0 Å². The number of carbonyl (C=O) groups is 1. The highest BCUT2D eigenvalue weighted by atomic mass is 16.5. The Balaban J connectivity index is 1.80. The van der Waals surface area contributed by atoms with E-state index in [0.29, 0.717) is 17.6 Å². The molecule has 21 heavy (non-hydrogen) atoms. The van der Waals surface area contributed by atoms with E-state index in [1.807, 2.05) is 13.8 Å². The maximum Gasteiger partial charge on any atom is 0.306 e. The van der Waals surface area contributed by atoms with Crippen molar-refractivity contribution in [2.45, 2.75) is 45.6 Å². The molecule has 0 unspecified atom stereocenters. The second-order valence-corrected chi connectivity index (χ2v) is 5.85. The molecule has 1 saturated carbocycles. The van der Waals surface area contributed by atoms with Crippen molar-refractivity contribution in [1.82, 2.24) is 9.97 Å². The summed E-state index contributed by atoms with van der Waals surface area (Å²) in [5.74, 6) is 0.893. The fraction of sp³-hybridized carbons (Fsp3) is 0.667. The number of aliphatic carboxylic acids is 1. The van der Waals surface area contributed by atoms with Crippen molar-refractivity contribution in [3.63, 3.8) is 0 Å². The van der Waals surface area contributed by atoms with E-state index in [9.17, 15) is 4.79 Å².